The molecule has 3 aromatic rings. The molecule has 166 valence electrons. The first-order chi connectivity index (χ1) is 15.0. The zero-order chi connectivity index (χ0) is 23.8. The van der Waals surface area contributed by atoms with E-state index >= 15 is 0 Å². The molecule has 0 bridgehead atoms. The molecule has 0 spiro atoms. The molecule has 0 atom stereocenters. The second-order valence-electron chi connectivity index (χ2n) is 6.26. The molecule has 2 aromatic carbocycles. The van der Waals surface area contributed by atoms with Gasteiger partial charge in [-0.15, -0.1) is 0 Å². The minimum Gasteiger partial charge on any atom is -0.464 e. The summed E-state index contributed by atoms with van der Waals surface area (Å²) in [5, 5.41) is 9.19. The standard InChI is InChI=1S/C20H11F6N3O3/c1-31-19(30)17-16(28)9(7-27)8-29(17)14-6-11(21)2-3-15(14)32-18-12(22)4-10(5-13(18)23)20(24,25)26/h2-6,8H,28H2,1H3. The lowest BCUT2D eigenvalue weighted by atomic mass is 10.2. The third-order valence-corrected chi connectivity index (χ3v) is 4.26. The van der Waals surface area contributed by atoms with Crippen LogP contribution < -0.4 is 10.5 Å². The summed E-state index contributed by atoms with van der Waals surface area (Å²) < 4.78 is 91.4. The van der Waals surface area contributed by atoms with E-state index in [9.17, 15) is 36.4 Å². The van der Waals surface area contributed by atoms with Crippen LogP contribution in [0.1, 0.15) is 21.6 Å². The van der Waals surface area contributed by atoms with E-state index in [4.69, 9.17) is 10.5 Å². The Bertz CT molecular complexity index is 1240. The Morgan fingerprint density at radius 2 is 1.75 bits per heavy atom. The summed E-state index contributed by atoms with van der Waals surface area (Å²) in [6.45, 7) is 0. The van der Waals surface area contributed by atoms with E-state index in [1.807, 2.05) is 0 Å². The van der Waals surface area contributed by atoms with E-state index in [0.717, 1.165) is 36.1 Å². The number of rotatable bonds is 4. The largest absolute Gasteiger partial charge is 0.464 e. The van der Waals surface area contributed by atoms with Gasteiger partial charge in [-0.05, 0) is 24.3 Å². The lowest BCUT2D eigenvalue weighted by Crippen LogP contribution is -2.12. The maximum atomic E-state index is 14.2. The van der Waals surface area contributed by atoms with Gasteiger partial charge in [0.15, 0.2) is 28.8 Å². The number of nitriles is 1. The Labute approximate surface area is 176 Å². The molecule has 0 aliphatic carbocycles. The molecule has 1 aromatic heterocycles. The van der Waals surface area contributed by atoms with Crippen molar-refractivity contribution in [2.24, 2.45) is 0 Å². The molecular formula is C20H11F6N3O3. The van der Waals surface area contributed by atoms with Crippen molar-refractivity contribution in [3.63, 3.8) is 0 Å². The highest BCUT2D eigenvalue weighted by Crippen LogP contribution is 2.38. The van der Waals surface area contributed by atoms with Crippen LogP contribution in [0.25, 0.3) is 5.69 Å². The van der Waals surface area contributed by atoms with Crippen molar-refractivity contribution in [2.75, 3.05) is 12.8 Å². The SMILES string of the molecule is COC(=O)c1c(N)c(C#N)cn1-c1cc(F)ccc1Oc1c(F)cc(C(F)(F)F)cc1F. The predicted molar refractivity (Wildman–Crippen MR) is 97.6 cm³/mol. The minimum absolute atomic E-state index is 0.0307. The van der Waals surface area contributed by atoms with Gasteiger partial charge < -0.3 is 19.8 Å². The molecule has 1 heterocycles. The molecule has 12 heteroatoms. The fourth-order valence-electron chi connectivity index (χ4n) is 2.80. The maximum absolute atomic E-state index is 14.2. The number of halogens is 6. The summed E-state index contributed by atoms with van der Waals surface area (Å²) in [7, 11) is 1.01. The third kappa shape index (κ3) is 4.04. The molecular weight excluding hydrogens is 444 g/mol. The zero-order valence-electron chi connectivity index (χ0n) is 15.9. The number of nitrogens with zero attached hydrogens (tertiary/aromatic N) is 2. The normalized spacial score (nSPS) is 11.2. The summed E-state index contributed by atoms with van der Waals surface area (Å²) in [4.78, 5) is 12.2. The van der Waals surface area contributed by atoms with Crippen LogP contribution >= 0.6 is 0 Å². The summed E-state index contributed by atoms with van der Waals surface area (Å²) in [5.41, 5.74) is 2.93. The zero-order valence-corrected chi connectivity index (χ0v) is 15.9. The molecule has 0 aliphatic rings. The van der Waals surface area contributed by atoms with Crippen molar-refractivity contribution in [3.05, 3.63) is 70.8 Å². The monoisotopic (exact) mass is 455 g/mol. The number of hydrogen-bond acceptors (Lipinski definition) is 5. The van der Waals surface area contributed by atoms with Crippen LogP contribution in [0.3, 0.4) is 0 Å². The van der Waals surface area contributed by atoms with E-state index in [2.05, 4.69) is 4.74 Å². The van der Waals surface area contributed by atoms with E-state index in [0.29, 0.717) is 0 Å². The van der Waals surface area contributed by atoms with E-state index in [1.54, 1.807) is 6.07 Å². The quantitative estimate of drug-likeness (QED) is 0.444. The Hall–Kier alpha value is -4.14. The molecule has 0 unspecified atom stereocenters. The van der Waals surface area contributed by atoms with Crippen LogP contribution in [0.15, 0.2) is 36.5 Å². The topological polar surface area (TPSA) is 90.3 Å². The van der Waals surface area contributed by atoms with Crippen molar-refractivity contribution in [3.8, 4) is 23.3 Å². The van der Waals surface area contributed by atoms with Gasteiger partial charge >= 0.3 is 12.1 Å². The van der Waals surface area contributed by atoms with Gasteiger partial charge in [-0.1, -0.05) is 0 Å². The highest BCUT2D eigenvalue weighted by atomic mass is 19.4. The van der Waals surface area contributed by atoms with Crippen molar-refractivity contribution in [1.29, 1.82) is 5.26 Å². The maximum Gasteiger partial charge on any atom is 0.416 e. The van der Waals surface area contributed by atoms with Crippen molar-refractivity contribution in [2.45, 2.75) is 6.18 Å². The van der Waals surface area contributed by atoms with Crippen molar-refractivity contribution < 1.29 is 40.6 Å². The molecule has 0 saturated heterocycles. The van der Waals surface area contributed by atoms with Gasteiger partial charge in [-0.3, -0.25) is 0 Å². The Balaban J connectivity index is 2.19. The number of aromatic nitrogens is 1. The lowest BCUT2D eigenvalue weighted by Gasteiger charge is -2.16. The predicted octanol–water partition coefficient (Wildman–Crippen LogP) is 4.95. The van der Waals surface area contributed by atoms with Gasteiger partial charge in [0.25, 0.3) is 0 Å². The first-order valence-electron chi connectivity index (χ1n) is 8.51. The second kappa shape index (κ2) is 8.18. The number of carbonyl (C=O) groups excluding carboxylic acids is 1. The molecule has 2 N–H and O–H groups in total. The van der Waals surface area contributed by atoms with E-state index < -0.39 is 52.4 Å². The number of benzene rings is 2. The first-order valence-corrected chi connectivity index (χ1v) is 8.51. The Morgan fingerprint density at radius 1 is 1.12 bits per heavy atom. The smallest absolute Gasteiger partial charge is 0.416 e. The Morgan fingerprint density at radius 3 is 2.28 bits per heavy atom. The number of alkyl halides is 3. The average Bonchev–Trinajstić information content (AvgIpc) is 3.06. The summed E-state index contributed by atoms with van der Waals surface area (Å²) in [5.74, 6) is -6.91. The highest BCUT2D eigenvalue weighted by Gasteiger charge is 2.33. The molecule has 3 rings (SSSR count). The fourth-order valence-corrected chi connectivity index (χ4v) is 2.80. The number of anilines is 1. The van der Waals surface area contributed by atoms with Crippen LogP contribution in [-0.2, 0) is 10.9 Å². The fraction of sp³-hybridized carbons (Fsp3) is 0.100. The van der Waals surface area contributed by atoms with Crippen molar-refractivity contribution in [1.82, 2.24) is 4.57 Å². The first kappa shape index (κ1) is 22.5. The lowest BCUT2D eigenvalue weighted by molar-refractivity contribution is -0.138. The van der Waals surface area contributed by atoms with Crippen LogP contribution in [0.4, 0.5) is 32.0 Å². The molecule has 0 radical (unpaired) electrons. The van der Waals surface area contributed by atoms with Gasteiger partial charge in [0.1, 0.15) is 11.9 Å². The number of ether oxygens (including phenoxy) is 2. The van der Waals surface area contributed by atoms with Gasteiger partial charge in [0.05, 0.1) is 29.6 Å². The van der Waals surface area contributed by atoms with Crippen LogP contribution in [0.5, 0.6) is 11.5 Å². The highest BCUT2D eigenvalue weighted by molar-refractivity contribution is 5.96. The second-order valence-corrected chi connectivity index (χ2v) is 6.26. The van der Waals surface area contributed by atoms with Crippen molar-refractivity contribution >= 4 is 11.7 Å². The number of nitrogen functional groups attached to an aromatic ring is 1. The van der Waals surface area contributed by atoms with Gasteiger partial charge in [0.2, 0.25) is 0 Å². The molecule has 6 nitrogen and oxygen atoms in total. The van der Waals surface area contributed by atoms with E-state index in [-0.39, 0.29) is 29.1 Å². The third-order valence-electron chi connectivity index (χ3n) is 4.26. The summed E-state index contributed by atoms with van der Waals surface area (Å²) in [6, 6.07) is 4.33. The van der Waals surface area contributed by atoms with Gasteiger partial charge in [0, 0.05) is 12.3 Å². The molecule has 0 aliphatic heterocycles. The summed E-state index contributed by atoms with van der Waals surface area (Å²) >= 11 is 0. The number of hydrogen-bond donors (Lipinski definition) is 1. The number of methoxy groups -OCH3 is 1. The number of esters is 1. The molecule has 0 fully saturated rings. The molecule has 32 heavy (non-hydrogen) atoms. The molecule has 0 saturated carbocycles. The van der Waals surface area contributed by atoms with Gasteiger partial charge in [-0.2, -0.15) is 18.4 Å². The van der Waals surface area contributed by atoms with Gasteiger partial charge in [-0.25, -0.2) is 18.0 Å². The van der Waals surface area contributed by atoms with E-state index in [1.165, 1.54) is 0 Å². The minimum atomic E-state index is -5.01. The van der Waals surface area contributed by atoms with Crippen LogP contribution in [-0.4, -0.2) is 17.6 Å². The van der Waals surface area contributed by atoms with Crippen LogP contribution in [0.2, 0.25) is 0 Å². The molecule has 0 amide bonds. The number of carbonyl (C=O) groups is 1. The Kier molecular flexibility index (Phi) is 5.76. The average molecular weight is 455 g/mol. The summed E-state index contributed by atoms with van der Waals surface area (Å²) in [6.07, 6.45) is -3.98. The number of nitrogens with two attached hydrogens (primary N) is 1. The van der Waals surface area contributed by atoms with Crippen LogP contribution in [0, 0.1) is 28.8 Å².